The number of amides is 1. The Labute approximate surface area is 167 Å². The quantitative estimate of drug-likeness (QED) is 0.396. The Morgan fingerprint density at radius 2 is 1.16 bits per heavy atom. The molecular formula is C16H10F7N3O5. The fraction of sp³-hybridized carbons (Fsp3) is 0.188. The molecule has 1 amide bonds. The van der Waals surface area contributed by atoms with Crippen LogP contribution in [0.4, 0.5) is 47.8 Å². The van der Waals surface area contributed by atoms with Gasteiger partial charge in [-0.15, -0.1) is 0 Å². The zero-order valence-corrected chi connectivity index (χ0v) is 14.8. The van der Waals surface area contributed by atoms with Gasteiger partial charge in [0.2, 0.25) is 0 Å². The van der Waals surface area contributed by atoms with Crippen molar-refractivity contribution in [2.24, 2.45) is 0 Å². The van der Waals surface area contributed by atoms with E-state index in [1.54, 1.807) is 0 Å². The van der Waals surface area contributed by atoms with Crippen LogP contribution in [0.1, 0.15) is 0 Å². The third kappa shape index (κ3) is 6.10. The minimum atomic E-state index is -6.41. The van der Waals surface area contributed by atoms with E-state index in [1.807, 2.05) is 0 Å². The molecule has 31 heavy (non-hydrogen) atoms. The summed E-state index contributed by atoms with van der Waals surface area (Å²) in [5.74, 6) is -2.83. The molecule has 0 radical (unpaired) electrons. The molecule has 0 atom stereocenters. The van der Waals surface area contributed by atoms with Crippen molar-refractivity contribution in [3.63, 3.8) is 0 Å². The van der Waals surface area contributed by atoms with Crippen LogP contribution in [0, 0.1) is 20.2 Å². The molecule has 0 spiro atoms. The van der Waals surface area contributed by atoms with E-state index in [4.69, 9.17) is 0 Å². The predicted octanol–water partition coefficient (Wildman–Crippen LogP) is 4.96. The molecule has 15 heteroatoms. The minimum absolute atomic E-state index is 0.274. The first kappa shape index (κ1) is 25.3. The van der Waals surface area contributed by atoms with Crippen LogP contribution in [0.15, 0.2) is 54.6 Å². The van der Waals surface area contributed by atoms with E-state index in [2.05, 4.69) is 0 Å². The van der Waals surface area contributed by atoms with Gasteiger partial charge < -0.3 is 5.32 Å². The van der Waals surface area contributed by atoms with Crippen molar-refractivity contribution in [2.45, 2.75) is 18.0 Å². The summed E-state index contributed by atoms with van der Waals surface area (Å²) in [6.45, 7) is 0. The normalized spacial score (nSPS) is 11.7. The molecule has 8 nitrogen and oxygen atoms in total. The van der Waals surface area contributed by atoms with E-state index in [1.165, 1.54) is 41.7 Å². The molecule has 0 aliphatic heterocycles. The van der Waals surface area contributed by atoms with Crippen molar-refractivity contribution in [3.8, 4) is 0 Å². The largest absolute Gasteiger partial charge is 0.441 e. The molecule has 2 aromatic carbocycles. The molecular weight excluding hydrogens is 447 g/mol. The van der Waals surface area contributed by atoms with Crippen LogP contribution in [0.5, 0.6) is 0 Å². The molecule has 0 unspecified atom stereocenters. The molecule has 0 bridgehead atoms. The number of alkyl halides is 7. The fourth-order valence-corrected chi connectivity index (χ4v) is 1.88. The second-order valence-electron chi connectivity index (χ2n) is 5.51. The van der Waals surface area contributed by atoms with E-state index in [0.717, 1.165) is 18.2 Å². The maximum Gasteiger partial charge on any atom is 0.441 e. The summed E-state index contributed by atoms with van der Waals surface area (Å²) < 4.78 is 86.4. The van der Waals surface area contributed by atoms with Crippen molar-refractivity contribution in [1.29, 1.82) is 0 Å². The second-order valence-corrected chi connectivity index (χ2v) is 5.51. The number of non-ortho nitro benzene ring substituents is 2. The van der Waals surface area contributed by atoms with Gasteiger partial charge in [0.25, 0.3) is 17.3 Å². The van der Waals surface area contributed by atoms with E-state index in [9.17, 15) is 55.8 Å². The molecule has 168 valence electrons. The Hall–Kier alpha value is -3.78. The fourth-order valence-electron chi connectivity index (χ4n) is 1.88. The highest BCUT2D eigenvalue weighted by Gasteiger charge is 2.77. The SMILES string of the molecule is O=C(Nc1ccccc1)C(F)(C(F)(F)F)C(F)(F)F.O=[N+]([O-])c1cccc([N+](=O)[O-])c1. The van der Waals surface area contributed by atoms with E-state index in [0.29, 0.717) is 0 Å². The first-order valence-electron chi connectivity index (χ1n) is 7.69. The number of rotatable bonds is 4. The van der Waals surface area contributed by atoms with E-state index >= 15 is 0 Å². The van der Waals surface area contributed by atoms with Crippen LogP contribution in [0.3, 0.4) is 0 Å². The molecule has 0 heterocycles. The standard InChI is InChI=1S/C10H6F7NO.C6H4N2O4/c11-8(9(12,13)14,10(15,16)17)7(19)18-6-4-2-1-3-5-6;9-7(10)5-2-1-3-6(4-5)8(11)12/h1-5H,(H,18,19);1-4H. The summed E-state index contributed by atoms with van der Waals surface area (Å²) in [4.78, 5) is 30.0. The van der Waals surface area contributed by atoms with Crippen molar-refractivity contribution in [3.05, 3.63) is 74.8 Å². The highest BCUT2D eigenvalue weighted by Crippen LogP contribution is 2.46. The molecule has 0 fully saturated rings. The number of nitro benzene ring substituents is 2. The van der Waals surface area contributed by atoms with Crippen molar-refractivity contribution >= 4 is 23.0 Å². The summed E-state index contributed by atoms with van der Waals surface area (Å²) >= 11 is 0. The van der Waals surface area contributed by atoms with Crippen LogP contribution in [-0.4, -0.2) is 33.8 Å². The second kappa shape index (κ2) is 9.36. The summed E-state index contributed by atoms with van der Waals surface area (Å²) in [7, 11) is 0. The van der Waals surface area contributed by atoms with Crippen LogP contribution >= 0.6 is 0 Å². The van der Waals surface area contributed by atoms with Crippen LogP contribution in [-0.2, 0) is 4.79 Å². The number of para-hydroxylation sites is 1. The predicted molar refractivity (Wildman–Crippen MR) is 90.8 cm³/mol. The Morgan fingerprint density at radius 1 is 0.742 bits per heavy atom. The van der Waals surface area contributed by atoms with E-state index < -0.39 is 33.8 Å². The number of carbonyl (C=O) groups excluding carboxylic acids is 1. The number of nitrogens with zero attached hydrogens (tertiary/aromatic N) is 2. The van der Waals surface area contributed by atoms with Crippen molar-refractivity contribution < 1.29 is 45.4 Å². The third-order valence-electron chi connectivity index (χ3n) is 3.38. The van der Waals surface area contributed by atoms with Gasteiger partial charge in [-0.1, -0.05) is 18.2 Å². The number of hydrogen-bond acceptors (Lipinski definition) is 5. The van der Waals surface area contributed by atoms with Gasteiger partial charge in [-0.2, -0.15) is 26.3 Å². The zero-order chi connectivity index (χ0) is 24.0. The highest BCUT2D eigenvalue weighted by atomic mass is 19.4. The molecule has 0 aliphatic carbocycles. The van der Waals surface area contributed by atoms with Crippen LogP contribution < -0.4 is 5.32 Å². The number of carbonyl (C=O) groups is 1. The Kier molecular flexibility index (Phi) is 7.62. The molecule has 0 aliphatic rings. The zero-order valence-electron chi connectivity index (χ0n) is 14.8. The van der Waals surface area contributed by atoms with Crippen molar-refractivity contribution in [2.75, 3.05) is 5.32 Å². The number of nitro groups is 2. The summed E-state index contributed by atoms with van der Waals surface area (Å²) in [5.41, 5.74) is -6.90. The smallest absolute Gasteiger partial charge is 0.323 e. The van der Waals surface area contributed by atoms with Crippen LogP contribution in [0.2, 0.25) is 0 Å². The lowest BCUT2D eigenvalue weighted by Gasteiger charge is -2.28. The van der Waals surface area contributed by atoms with Gasteiger partial charge >= 0.3 is 18.0 Å². The Balaban J connectivity index is 0.000000343. The number of halogens is 7. The maximum atomic E-state index is 13.2. The molecule has 0 saturated heterocycles. The monoisotopic (exact) mass is 457 g/mol. The molecule has 1 N–H and O–H groups in total. The summed E-state index contributed by atoms with van der Waals surface area (Å²) in [6.07, 6.45) is -12.8. The van der Waals surface area contributed by atoms with Gasteiger partial charge in [-0.3, -0.25) is 25.0 Å². The topological polar surface area (TPSA) is 115 Å². The van der Waals surface area contributed by atoms with Gasteiger partial charge in [-0.05, 0) is 18.2 Å². The van der Waals surface area contributed by atoms with Gasteiger partial charge in [-0.25, -0.2) is 4.39 Å². The average Bonchev–Trinajstić information content (AvgIpc) is 2.66. The highest BCUT2D eigenvalue weighted by molar-refractivity contribution is 5.98. The lowest BCUT2D eigenvalue weighted by Crippen LogP contribution is -2.60. The van der Waals surface area contributed by atoms with Gasteiger partial charge in [0.15, 0.2) is 0 Å². The lowest BCUT2D eigenvalue weighted by atomic mass is 10.0. The number of benzene rings is 2. The minimum Gasteiger partial charge on any atom is -0.323 e. The Bertz CT molecular complexity index is 905. The first-order valence-corrected chi connectivity index (χ1v) is 7.69. The average molecular weight is 457 g/mol. The van der Waals surface area contributed by atoms with Gasteiger partial charge in [0, 0.05) is 17.8 Å². The third-order valence-corrected chi connectivity index (χ3v) is 3.38. The number of anilines is 1. The van der Waals surface area contributed by atoms with Gasteiger partial charge in [0.1, 0.15) is 0 Å². The maximum absolute atomic E-state index is 13.2. The number of hydrogen-bond donors (Lipinski definition) is 1. The summed E-state index contributed by atoms with van der Waals surface area (Å²) in [5, 5.41) is 21.6. The van der Waals surface area contributed by atoms with E-state index in [-0.39, 0.29) is 17.1 Å². The first-order chi connectivity index (χ1) is 14.1. The van der Waals surface area contributed by atoms with Crippen LogP contribution in [0.25, 0.3) is 0 Å². The molecule has 0 aromatic heterocycles. The Morgan fingerprint density at radius 3 is 1.52 bits per heavy atom. The van der Waals surface area contributed by atoms with Crippen molar-refractivity contribution in [1.82, 2.24) is 0 Å². The lowest BCUT2D eigenvalue weighted by molar-refractivity contribution is -0.394. The summed E-state index contributed by atoms with van der Waals surface area (Å²) in [6, 6.07) is 10.5. The molecule has 0 saturated carbocycles. The molecule has 2 aromatic rings. The number of nitrogens with one attached hydrogen (secondary N) is 1. The molecule has 2 rings (SSSR count). The van der Waals surface area contributed by atoms with Gasteiger partial charge in [0.05, 0.1) is 15.9 Å².